The number of benzene rings is 1. The van der Waals surface area contributed by atoms with Crippen molar-refractivity contribution in [1.82, 2.24) is 4.90 Å². The molecule has 0 aliphatic heterocycles. The molecule has 1 heterocycles. The zero-order valence-corrected chi connectivity index (χ0v) is 14.1. The lowest BCUT2D eigenvalue weighted by Crippen LogP contribution is -2.33. The Bertz CT molecular complexity index is 693. The Morgan fingerprint density at radius 2 is 2.09 bits per heavy atom. The first-order valence-electron chi connectivity index (χ1n) is 8.23. The van der Waals surface area contributed by atoms with E-state index in [0.717, 1.165) is 31.6 Å². The number of hydrogen-bond acceptors (Lipinski definition) is 3. The Morgan fingerprint density at radius 1 is 1.26 bits per heavy atom. The zero-order valence-electron chi connectivity index (χ0n) is 13.3. The minimum absolute atomic E-state index is 0.131. The van der Waals surface area contributed by atoms with Crippen molar-refractivity contribution in [3.63, 3.8) is 0 Å². The van der Waals surface area contributed by atoms with Crippen LogP contribution in [0.5, 0.6) is 5.75 Å². The van der Waals surface area contributed by atoms with Gasteiger partial charge in [0.2, 0.25) is 5.91 Å². The lowest BCUT2D eigenvalue weighted by atomic mass is 10.1. The lowest BCUT2D eigenvalue weighted by Gasteiger charge is -2.22. The predicted octanol–water partition coefficient (Wildman–Crippen LogP) is 4.05. The number of thiophene rings is 1. The van der Waals surface area contributed by atoms with E-state index in [1.807, 2.05) is 18.2 Å². The van der Waals surface area contributed by atoms with Crippen LogP contribution in [0.4, 0.5) is 0 Å². The second-order valence-corrected chi connectivity index (χ2v) is 7.50. The van der Waals surface area contributed by atoms with Crippen molar-refractivity contribution in [3.8, 4) is 5.75 Å². The summed E-state index contributed by atoms with van der Waals surface area (Å²) in [5.41, 5.74) is 1.18. The molecule has 2 aromatic rings. The second kappa shape index (κ2) is 6.00. The van der Waals surface area contributed by atoms with Gasteiger partial charge < -0.3 is 9.64 Å². The molecule has 2 saturated carbocycles. The van der Waals surface area contributed by atoms with Gasteiger partial charge in [-0.3, -0.25) is 4.79 Å². The molecule has 0 unspecified atom stereocenters. The van der Waals surface area contributed by atoms with Gasteiger partial charge in [-0.15, -0.1) is 11.3 Å². The van der Waals surface area contributed by atoms with Crippen LogP contribution in [-0.4, -0.2) is 24.0 Å². The average Bonchev–Trinajstić information content (AvgIpc) is 3.50. The molecule has 2 aliphatic rings. The van der Waals surface area contributed by atoms with Gasteiger partial charge in [-0.25, -0.2) is 0 Å². The molecule has 0 bridgehead atoms. The van der Waals surface area contributed by atoms with E-state index < -0.39 is 0 Å². The first-order valence-corrected chi connectivity index (χ1v) is 9.11. The molecule has 0 saturated heterocycles. The summed E-state index contributed by atoms with van der Waals surface area (Å²) in [6.07, 6.45) is 3.26. The summed E-state index contributed by atoms with van der Waals surface area (Å²) in [6.45, 7) is 0.774. The van der Waals surface area contributed by atoms with Crippen LogP contribution in [0, 0.1) is 5.92 Å². The number of carbonyl (C=O) groups excluding carboxylic acids is 1. The highest BCUT2D eigenvalue weighted by Crippen LogP contribution is 2.52. The number of rotatable bonds is 6. The number of methoxy groups -OCH3 is 1. The summed E-state index contributed by atoms with van der Waals surface area (Å²) in [6, 6.07) is 12.7. The van der Waals surface area contributed by atoms with Crippen LogP contribution >= 0.6 is 11.3 Å². The van der Waals surface area contributed by atoms with Crippen molar-refractivity contribution in [2.45, 2.75) is 37.8 Å². The molecule has 1 aromatic carbocycles. The quantitative estimate of drug-likeness (QED) is 0.801. The summed E-state index contributed by atoms with van der Waals surface area (Å²) in [7, 11) is 1.70. The van der Waals surface area contributed by atoms with Crippen LogP contribution in [0.1, 0.15) is 35.6 Å². The van der Waals surface area contributed by atoms with Crippen molar-refractivity contribution in [3.05, 3.63) is 52.2 Å². The molecule has 1 amide bonds. The summed E-state index contributed by atoms with van der Waals surface area (Å²) >= 11 is 1.74. The molecule has 0 spiro atoms. The Morgan fingerprint density at radius 3 is 2.78 bits per heavy atom. The largest absolute Gasteiger partial charge is 0.496 e. The van der Waals surface area contributed by atoms with E-state index in [2.05, 4.69) is 28.5 Å². The molecule has 2 fully saturated rings. The SMILES string of the molecule is COc1ccccc1[C@@H]1C[C@H]1C(=O)N(Cc1cccs1)C1CC1. The topological polar surface area (TPSA) is 29.5 Å². The van der Waals surface area contributed by atoms with Gasteiger partial charge in [0.15, 0.2) is 0 Å². The average molecular weight is 327 g/mol. The number of amides is 1. The number of ether oxygens (including phenoxy) is 1. The highest BCUT2D eigenvalue weighted by atomic mass is 32.1. The van der Waals surface area contributed by atoms with Gasteiger partial charge >= 0.3 is 0 Å². The first kappa shape index (κ1) is 14.8. The molecule has 0 N–H and O–H groups in total. The van der Waals surface area contributed by atoms with E-state index in [4.69, 9.17) is 4.74 Å². The minimum atomic E-state index is 0.131. The Labute approximate surface area is 140 Å². The van der Waals surface area contributed by atoms with Crippen LogP contribution in [0.25, 0.3) is 0 Å². The van der Waals surface area contributed by atoms with E-state index in [1.165, 1.54) is 10.4 Å². The van der Waals surface area contributed by atoms with Crippen LogP contribution in [-0.2, 0) is 11.3 Å². The maximum atomic E-state index is 13.0. The standard InChI is InChI=1S/C19H21NO2S/c1-22-18-7-3-2-6-15(18)16-11-17(16)19(21)20(13-8-9-13)12-14-5-4-10-23-14/h2-7,10,13,16-17H,8-9,11-12H2,1H3/t16-,17+/m0/s1. The predicted molar refractivity (Wildman–Crippen MR) is 91.7 cm³/mol. The molecule has 23 heavy (non-hydrogen) atoms. The van der Waals surface area contributed by atoms with E-state index in [0.29, 0.717) is 17.9 Å². The molecule has 2 aliphatic carbocycles. The van der Waals surface area contributed by atoms with E-state index in [-0.39, 0.29) is 5.92 Å². The summed E-state index contributed by atoms with van der Waals surface area (Å²) in [5, 5.41) is 2.08. The molecule has 0 radical (unpaired) electrons. The number of nitrogens with zero attached hydrogens (tertiary/aromatic N) is 1. The maximum absolute atomic E-state index is 13.0. The third-order valence-electron chi connectivity index (χ3n) is 4.82. The van der Waals surface area contributed by atoms with Gasteiger partial charge in [0.05, 0.1) is 13.7 Å². The summed E-state index contributed by atoms with van der Waals surface area (Å²) in [5.74, 6) is 1.69. The summed E-state index contributed by atoms with van der Waals surface area (Å²) < 4.78 is 5.46. The Hall–Kier alpha value is -1.81. The fourth-order valence-corrected chi connectivity index (χ4v) is 4.04. The molecule has 3 nitrogen and oxygen atoms in total. The fraction of sp³-hybridized carbons (Fsp3) is 0.421. The smallest absolute Gasteiger partial charge is 0.226 e. The summed E-state index contributed by atoms with van der Waals surface area (Å²) in [4.78, 5) is 16.4. The van der Waals surface area contributed by atoms with Gasteiger partial charge in [-0.05, 0) is 48.3 Å². The van der Waals surface area contributed by atoms with Crippen molar-refractivity contribution in [1.29, 1.82) is 0 Å². The second-order valence-electron chi connectivity index (χ2n) is 6.47. The third-order valence-corrected chi connectivity index (χ3v) is 5.68. The van der Waals surface area contributed by atoms with Gasteiger partial charge in [0.25, 0.3) is 0 Å². The fourth-order valence-electron chi connectivity index (χ4n) is 3.34. The normalized spacial score (nSPS) is 22.7. The van der Waals surface area contributed by atoms with Crippen LogP contribution in [0.15, 0.2) is 41.8 Å². The molecule has 2 atom stereocenters. The number of para-hydroxylation sites is 1. The first-order chi connectivity index (χ1) is 11.3. The number of carbonyl (C=O) groups is 1. The van der Waals surface area contributed by atoms with E-state index in [1.54, 1.807) is 18.4 Å². The van der Waals surface area contributed by atoms with Crippen molar-refractivity contribution >= 4 is 17.2 Å². The lowest BCUT2D eigenvalue weighted by molar-refractivity contribution is -0.133. The van der Waals surface area contributed by atoms with Crippen LogP contribution < -0.4 is 4.74 Å². The minimum Gasteiger partial charge on any atom is -0.496 e. The monoisotopic (exact) mass is 327 g/mol. The van der Waals surface area contributed by atoms with Crippen molar-refractivity contribution in [2.24, 2.45) is 5.92 Å². The van der Waals surface area contributed by atoms with E-state index >= 15 is 0 Å². The van der Waals surface area contributed by atoms with Gasteiger partial charge in [-0.1, -0.05) is 24.3 Å². The molecule has 4 heteroatoms. The van der Waals surface area contributed by atoms with Gasteiger partial charge in [0, 0.05) is 16.8 Å². The molecular weight excluding hydrogens is 306 g/mol. The van der Waals surface area contributed by atoms with Crippen LogP contribution in [0.2, 0.25) is 0 Å². The highest BCUT2D eigenvalue weighted by molar-refractivity contribution is 7.09. The molecule has 4 rings (SSSR count). The Kier molecular flexibility index (Phi) is 3.85. The van der Waals surface area contributed by atoms with Crippen molar-refractivity contribution < 1.29 is 9.53 Å². The van der Waals surface area contributed by atoms with Gasteiger partial charge in [-0.2, -0.15) is 0 Å². The third kappa shape index (κ3) is 3.00. The Balaban J connectivity index is 1.48. The molecular formula is C19H21NO2S. The van der Waals surface area contributed by atoms with E-state index in [9.17, 15) is 4.79 Å². The zero-order chi connectivity index (χ0) is 15.8. The van der Waals surface area contributed by atoms with Gasteiger partial charge in [0.1, 0.15) is 5.75 Å². The molecule has 120 valence electrons. The number of hydrogen-bond donors (Lipinski definition) is 0. The maximum Gasteiger partial charge on any atom is 0.226 e. The van der Waals surface area contributed by atoms with Crippen LogP contribution in [0.3, 0.4) is 0 Å². The molecule has 1 aromatic heterocycles. The highest BCUT2D eigenvalue weighted by Gasteiger charge is 2.49. The van der Waals surface area contributed by atoms with Crippen molar-refractivity contribution in [2.75, 3.05) is 7.11 Å².